The van der Waals surface area contributed by atoms with E-state index in [4.69, 9.17) is 56.8 Å². The van der Waals surface area contributed by atoms with Crippen molar-refractivity contribution in [3.05, 3.63) is 0 Å². The Morgan fingerprint density at radius 1 is 0.275 bits per heavy atom. The highest BCUT2D eigenvalue weighted by Gasteiger charge is 2.00. The van der Waals surface area contributed by atoms with Crippen molar-refractivity contribution in [2.45, 2.75) is 0 Å². The number of rotatable bonds is 36. The van der Waals surface area contributed by atoms with Crippen LogP contribution in [0.2, 0.25) is 0 Å². The molecule has 0 aliphatic heterocycles. The van der Waals surface area contributed by atoms with Crippen molar-refractivity contribution in [2.24, 2.45) is 0 Å². The Bertz CT molecular complexity index is 416. The summed E-state index contributed by atoms with van der Waals surface area (Å²) in [6, 6.07) is 0. The van der Waals surface area contributed by atoms with Gasteiger partial charge in [0.25, 0.3) is 0 Å². The molecule has 13 nitrogen and oxygen atoms in total. The van der Waals surface area contributed by atoms with Crippen LogP contribution in [0.5, 0.6) is 0 Å². The van der Waals surface area contributed by atoms with Crippen molar-refractivity contribution in [3.63, 3.8) is 0 Å². The summed E-state index contributed by atoms with van der Waals surface area (Å²) in [5, 5.41) is 0. The summed E-state index contributed by atoms with van der Waals surface area (Å²) in [6.45, 7) is 14.2. The van der Waals surface area contributed by atoms with Gasteiger partial charge in [0.15, 0.2) is 0 Å². The predicted octanol–water partition coefficient (Wildman–Crippen LogP) is 0.377. The molecule has 0 saturated heterocycles. The maximum Gasteiger partial charge on any atom is 0.0701 e. The monoisotopic (exact) mass is 587 g/mol. The number of hydrogen-bond donors (Lipinski definition) is 0. The van der Waals surface area contributed by atoms with Crippen LogP contribution in [-0.2, 0) is 56.8 Å². The Hall–Kier alpha value is -0.520. The third-order valence-corrected chi connectivity index (χ3v) is 5.07. The van der Waals surface area contributed by atoms with Gasteiger partial charge in [-0.15, -0.1) is 0 Å². The molecule has 0 N–H and O–H groups in total. The van der Waals surface area contributed by atoms with E-state index in [0.717, 1.165) is 13.1 Å². The number of methoxy groups -OCH3 is 2. The molecule has 0 aromatic heterocycles. The van der Waals surface area contributed by atoms with Crippen LogP contribution < -0.4 is 0 Å². The van der Waals surface area contributed by atoms with E-state index in [1.54, 1.807) is 14.2 Å². The maximum absolute atomic E-state index is 5.61. The molecule has 40 heavy (non-hydrogen) atoms. The summed E-state index contributed by atoms with van der Waals surface area (Å²) in [5.41, 5.74) is 0. The van der Waals surface area contributed by atoms with Crippen LogP contribution in [0.4, 0.5) is 0 Å². The van der Waals surface area contributed by atoms with Crippen LogP contribution in [0.15, 0.2) is 0 Å². The van der Waals surface area contributed by atoms with E-state index < -0.39 is 0 Å². The van der Waals surface area contributed by atoms with Gasteiger partial charge in [0, 0.05) is 27.3 Å². The molecule has 242 valence electrons. The number of hydrogen-bond acceptors (Lipinski definition) is 13. The zero-order valence-electron chi connectivity index (χ0n) is 25.3. The van der Waals surface area contributed by atoms with Gasteiger partial charge in [0.05, 0.1) is 145 Å². The number of nitrogens with zero attached hydrogens (tertiary/aromatic N) is 1. The molecular weight excluding hydrogens is 530 g/mol. The lowest BCUT2D eigenvalue weighted by Crippen LogP contribution is -2.28. The van der Waals surface area contributed by atoms with Crippen LogP contribution in [0.25, 0.3) is 0 Å². The molecule has 0 aromatic carbocycles. The van der Waals surface area contributed by atoms with Crippen LogP contribution in [0.3, 0.4) is 0 Å². The fourth-order valence-electron chi connectivity index (χ4n) is 2.80. The Kier molecular flexibility index (Phi) is 36.0. The molecule has 0 aliphatic carbocycles. The highest BCUT2D eigenvalue weighted by atomic mass is 16.6. The van der Waals surface area contributed by atoms with E-state index in [1.165, 1.54) is 0 Å². The minimum Gasteiger partial charge on any atom is -0.382 e. The first-order valence-electron chi connectivity index (χ1n) is 14.2. The zero-order chi connectivity index (χ0) is 29.0. The molecule has 0 radical (unpaired) electrons. The average Bonchev–Trinajstić information content (AvgIpc) is 2.96. The van der Waals surface area contributed by atoms with E-state index in [9.17, 15) is 0 Å². The second-order valence-corrected chi connectivity index (χ2v) is 8.41. The van der Waals surface area contributed by atoms with Crippen LogP contribution in [-0.4, -0.2) is 185 Å². The first-order valence-corrected chi connectivity index (χ1v) is 14.2. The van der Waals surface area contributed by atoms with Gasteiger partial charge in [-0.25, -0.2) is 0 Å². The Morgan fingerprint density at radius 3 is 0.650 bits per heavy atom. The summed E-state index contributed by atoms with van der Waals surface area (Å²) in [7, 11) is 5.34. The molecule has 0 spiro atoms. The van der Waals surface area contributed by atoms with Crippen molar-refractivity contribution in [1.82, 2.24) is 4.90 Å². The Labute approximate surface area is 241 Å². The molecule has 0 amide bonds. The second kappa shape index (κ2) is 36.5. The van der Waals surface area contributed by atoms with Crippen LogP contribution in [0.1, 0.15) is 0 Å². The number of likely N-dealkylation sites (N-methyl/N-ethyl adjacent to an activating group) is 1. The summed E-state index contributed by atoms with van der Waals surface area (Å²) in [5.74, 6) is 0. The molecule has 0 bridgehead atoms. The van der Waals surface area contributed by atoms with Gasteiger partial charge >= 0.3 is 0 Å². The van der Waals surface area contributed by atoms with E-state index in [2.05, 4.69) is 4.90 Å². The van der Waals surface area contributed by atoms with Gasteiger partial charge in [0.2, 0.25) is 0 Å². The molecule has 13 heteroatoms. The van der Waals surface area contributed by atoms with Gasteiger partial charge in [0.1, 0.15) is 0 Å². The molecule has 0 unspecified atom stereocenters. The third-order valence-electron chi connectivity index (χ3n) is 5.07. The maximum atomic E-state index is 5.61. The number of ether oxygens (including phenoxy) is 12. The average molecular weight is 588 g/mol. The first kappa shape index (κ1) is 39.5. The Morgan fingerprint density at radius 2 is 0.450 bits per heavy atom. The van der Waals surface area contributed by atoms with Gasteiger partial charge in [-0.2, -0.15) is 0 Å². The standard InChI is InChI=1S/C27H57NO12/c1-28(4-6-31-12-14-35-20-22-39-26-24-37-18-16-33-10-8-29-2)5-7-32-13-15-36-21-23-40-27-25-38-19-17-34-11-9-30-3/h4-27H2,1-3H3. The SMILES string of the molecule is COCCOCCOCCOCCOCCOCCN(C)CCOCCOCCOCCOCCOCCOC. The lowest BCUT2D eigenvalue weighted by atomic mass is 10.5. The quantitative estimate of drug-likeness (QED) is 0.0942. The molecule has 0 fully saturated rings. The lowest BCUT2D eigenvalue weighted by Gasteiger charge is -2.16. The smallest absolute Gasteiger partial charge is 0.0701 e. The zero-order valence-corrected chi connectivity index (χ0v) is 25.3. The minimum atomic E-state index is 0.539. The first-order chi connectivity index (χ1) is 19.8. The molecule has 0 atom stereocenters. The molecule has 0 rings (SSSR count). The van der Waals surface area contributed by atoms with Gasteiger partial charge in [-0.3, -0.25) is 0 Å². The van der Waals surface area contributed by atoms with Gasteiger partial charge in [-0.1, -0.05) is 0 Å². The van der Waals surface area contributed by atoms with Crippen LogP contribution >= 0.6 is 0 Å². The van der Waals surface area contributed by atoms with E-state index in [-0.39, 0.29) is 0 Å². The molecular formula is C27H57NO12. The van der Waals surface area contributed by atoms with Gasteiger partial charge in [-0.05, 0) is 7.05 Å². The van der Waals surface area contributed by atoms with Gasteiger partial charge < -0.3 is 61.7 Å². The summed E-state index contributed by atoms with van der Waals surface area (Å²) < 4.78 is 64.3. The lowest BCUT2D eigenvalue weighted by molar-refractivity contribution is -0.0173. The normalized spacial score (nSPS) is 11.7. The highest BCUT2D eigenvalue weighted by molar-refractivity contribution is 4.50. The largest absolute Gasteiger partial charge is 0.382 e. The molecule has 0 saturated carbocycles. The topological polar surface area (TPSA) is 114 Å². The summed E-state index contributed by atoms with van der Waals surface area (Å²) >= 11 is 0. The molecule has 0 heterocycles. The molecule has 0 aromatic rings. The minimum absolute atomic E-state index is 0.539. The Balaban J connectivity index is 3.13. The molecule has 0 aliphatic rings. The van der Waals surface area contributed by atoms with E-state index in [0.29, 0.717) is 145 Å². The fraction of sp³-hybridized carbons (Fsp3) is 1.00. The van der Waals surface area contributed by atoms with Crippen molar-refractivity contribution in [3.8, 4) is 0 Å². The second-order valence-electron chi connectivity index (χ2n) is 8.41. The van der Waals surface area contributed by atoms with E-state index in [1.807, 2.05) is 7.05 Å². The van der Waals surface area contributed by atoms with Crippen molar-refractivity contribution >= 4 is 0 Å². The highest BCUT2D eigenvalue weighted by Crippen LogP contribution is 1.88. The third kappa shape index (κ3) is 35.5. The summed E-state index contributed by atoms with van der Waals surface area (Å²) in [6.07, 6.45) is 0. The van der Waals surface area contributed by atoms with Crippen LogP contribution in [0, 0.1) is 0 Å². The fourth-order valence-corrected chi connectivity index (χ4v) is 2.80. The summed E-state index contributed by atoms with van der Waals surface area (Å²) in [4.78, 5) is 2.17. The van der Waals surface area contributed by atoms with Crippen molar-refractivity contribution in [2.75, 3.05) is 180 Å². The predicted molar refractivity (Wildman–Crippen MR) is 149 cm³/mol. The van der Waals surface area contributed by atoms with E-state index >= 15 is 0 Å². The van der Waals surface area contributed by atoms with Crippen molar-refractivity contribution < 1.29 is 56.8 Å². The van der Waals surface area contributed by atoms with Crippen molar-refractivity contribution in [1.29, 1.82) is 0 Å².